The molecule has 0 saturated heterocycles. The monoisotopic (exact) mass is 255 g/mol. The van der Waals surface area contributed by atoms with Crippen molar-refractivity contribution in [2.24, 2.45) is 5.73 Å². The Balaban J connectivity index is 2.55. The van der Waals surface area contributed by atoms with Crippen LogP contribution in [0.25, 0.3) is 11.0 Å². The normalized spacial score (nSPS) is 10.4. The summed E-state index contributed by atoms with van der Waals surface area (Å²) in [5.74, 6) is 0.328. The first kappa shape index (κ1) is 9.01. The lowest BCUT2D eigenvalue weighted by atomic mass is 10.4. The van der Waals surface area contributed by atoms with E-state index in [9.17, 15) is 4.79 Å². The van der Waals surface area contributed by atoms with Crippen molar-refractivity contribution in [2.45, 2.75) is 0 Å². The standard InChI is InChI=1S/C8H6BrN3O2/c9-6-2-1-4-7(12-6)5(3-11-4)14-8(10)13/h1-3,11H,(H2,10,13). The molecular formula is C8H6BrN3O2. The third-order valence-corrected chi connectivity index (χ3v) is 2.11. The highest BCUT2D eigenvalue weighted by molar-refractivity contribution is 9.10. The van der Waals surface area contributed by atoms with Crippen molar-refractivity contribution >= 4 is 33.1 Å². The van der Waals surface area contributed by atoms with Gasteiger partial charge in [0.25, 0.3) is 0 Å². The third-order valence-electron chi connectivity index (χ3n) is 1.66. The van der Waals surface area contributed by atoms with E-state index in [4.69, 9.17) is 10.5 Å². The van der Waals surface area contributed by atoms with E-state index in [-0.39, 0.29) is 0 Å². The number of hydrogen-bond acceptors (Lipinski definition) is 3. The maximum atomic E-state index is 10.5. The van der Waals surface area contributed by atoms with Crippen molar-refractivity contribution in [3.05, 3.63) is 22.9 Å². The second kappa shape index (κ2) is 3.30. The van der Waals surface area contributed by atoms with Crippen molar-refractivity contribution in [3.63, 3.8) is 0 Å². The first-order valence-corrected chi connectivity index (χ1v) is 4.57. The summed E-state index contributed by atoms with van der Waals surface area (Å²) in [5.41, 5.74) is 6.25. The van der Waals surface area contributed by atoms with Gasteiger partial charge in [0.05, 0.1) is 5.52 Å². The summed E-state index contributed by atoms with van der Waals surface area (Å²) in [6.07, 6.45) is 0.683. The summed E-state index contributed by atoms with van der Waals surface area (Å²) in [6.45, 7) is 0. The molecule has 2 heterocycles. The molecule has 5 nitrogen and oxygen atoms in total. The van der Waals surface area contributed by atoms with Gasteiger partial charge in [-0.15, -0.1) is 0 Å². The second-order valence-electron chi connectivity index (χ2n) is 2.60. The number of aromatic nitrogens is 2. The SMILES string of the molecule is NC(=O)Oc1c[nH]c2ccc(Br)nc12. The molecule has 0 bridgehead atoms. The van der Waals surface area contributed by atoms with Crippen molar-refractivity contribution in [2.75, 3.05) is 0 Å². The largest absolute Gasteiger partial charge is 0.410 e. The highest BCUT2D eigenvalue weighted by Gasteiger charge is 2.08. The fraction of sp³-hybridized carbons (Fsp3) is 0. The minimum atomic E-state index is -0.854. The van der Waals surface area contributed by atoms with Gasteiger partial charge in [-0.2, -0.15) is 0 Å². The summed E-state index contributed by atoms with van der Waals surface area (Å²) in [5, 5.41) is 0. The first-order chi connectivity index (χ1) is 6.66. The summed E-state index contributed by atoms with van der Waals surface area (Å²) in [6, 6.07) is 3.60. The number of primary amides is 1. The van der Waals surface area contributed by atoms with Gasteiger partial charge >= 0.3 is 6.09 Å². The Kier molecular flexibility index (Phi) is 2.12. The third kappa shape index (κ3) is 1.56. The number of nitrogens with two attached hydrogens (primary N) is 1. The van der Waals surface area contributed by atoms with Gasteiger partial charge in [0.2, 0.25) is 0 Å². The number of rotatable bonds is 1. The van der Waals surface area contributed by atoms with E-state index in [1.54, 1.807) is 6.07 Å². The number of carbonyl (C=O) groups excluding carboxylic acids is 1. The molecule has 2 rings (SSSR count). The number of fused-ring (bicyclic) bond motifs is 1. The van der Waals surface area contributed by atoms with Crippen LogP contribution in [0, 0.1) is 0 Å². The van der Waals surface area contributed by atoms with Crippen LogP contribution in [0.15, 0.2) is 22.9 Å². The van der Waals surface area contributed by atoms with E-state index in [1.807, 2.05) is 6.07 Å². The van der Waals surface area contributed by atoms with E-state index in [2.05, 4.69) is 25.9 Å². The Morgan fingerprint density at radius 2 is 2.36 bits per heavy atom. The predicted octanol–water partition coefficient (Wildman–Crippen LogP) is 1.78. The lowest BCUT2D eigenvalue weighted by molar-refractivity contribution is 0.211. The van der Waals surface area contributed by atoms with E-state index in [1.165, 1.54) is 6.20 Å². The van der Waals surface area contributed by atoms with Crippen LogP contribution in [0.1, 0.15) is 0 Å². The highest BCUT2D eigenvalue weighted by atomic mass is 79.9. The Hall–Kier alpha value is -1.56. The van der Waals surface area contributed by atoms with Crippen LogP contribution in [0.2, 0.25) is 0 Å². The molecule has 0 aliphatic rings. The van der Waals surface area contributed by atoms with E-state index in [0.717, 1.165) is 5.52 Å². The summed E-state index contributed by atoms with van der Waals surface area (Å²) in [7, 11) is 0. The van der Waals surface area contributed by atoms with Crippen LogP contribution < -0.4 is 10.5 Å². The molecule has 0 saturated carbocycles. The highest BCUT2D eigenvalue weighted by Crippen LogP contribution is 2.24. The van der Waals surface area contributed by atoms with Crippen LogP contribution in [-0.4, -0.2) is 16.1 Å². The fourth-order valence-corrected chi connectivity index (χ4v) is 1.45. The zero-order chi connectivity index (χ0) is 10.1. The molecule has 0 spiro atoms. The molecule has 3 N–H and O–H groups in total. The quantitative estimate of drug-likeness (QED) is 0.763. The van der Waals surface area contributed by atoms with E-state index >= 15 is 0 Å². The summed E-state index contributed by atoms with van der Waals surface area (Å²) in [4.78, 5) is 17.6. The molecule has 0 aliphatic carbocycles. The Morgan fingerprint density at radius 1 is 1.57 bits per heavy atom. The number of halogens is 1. The molecule has 0 radical (unpaired) electrons. The van der Waals surface area contributed by atoms with Crippen molar-refractivity contribution in [3.8, 4) is 5.75 Å². The van der Waals surface area contributed by atoms with Gasteiger partial charge < -0.3 is 15.5 Å². The first-order valence-electron chi connectivity index (χ1n) is 3.78. The molecule has 0 fully saturated rings. The zero-order valence-electron chi connectivity index (χ0n) is 6.95. The zero-order valence-corrected chi connectivity index (χ0v) is 8.54. The van der Waals surface area contributed by atoms with Gasteiger partial charge in [-0.3, -0.25) is 0 Å². The molecule has 0 aromatic carbocycles. The van der Waals surface area contributed by atoms with Gasteiger partial charge in [0, 0.05) is 6.20 Å². The number of H-pyrrole nitrogens is 1. The van der Waals surface area contributed by atoms with Crippen molar-refractivity contribution in [1.82, 2.24) is 9.97 Å². The maximum absolute atomic E-state index is 10.5. The molecular weight excluding hydrogens is 250 g/mol. The number of pyridine rings is 1. The van der Waals surface area contributed by atoms with Gasteiger partial charge in [0.15, 0.2) is 5.75 Å². The van der Waals surface area contributed by atoms with Crippen LogP contribution in [0.4, 0.5) is 4.79 Å². The second-order valence-corrected chi connectivity index (χ2v) is 3.42. The number of nitrogens with one attached hydrogen (secondary N) is 1. The van der Waals surface area contributed by atoms with Crippen molar-refractivity contribution < 1.29 is 9.53 Å². The Bertz CT molecular complexity index is 494. The molecule has 0 atom stereocenters. The number of ether oxygens (including phenoxy) is 1. The van der Waals surface area contributed by atoms with E-state index in [0.29, 0.717) is 15.9 Å². The predicted molar refractivity (Wildman–Crippen MR) is 54.0 cm³/mol. The van der Waals surface area contributed by atoms with E-state index < -0.39 is 6.09 Å². The number of hydrogen-bond donors (Lipinski definition) is 2. The van der Waals surface area contributed by atoms with Gasteiger partial charge in [-0.1, -0.05) is 0 Å². The topological polar surface area (TPSA) is 81.0 Å². The molecule has 0 aliphatic heterocycles. The molecule has 0 unspecified atom stereocenters. The smallest absolute Gasteiger partial charge is 0.407 e. The summed E-state index contributed by atoms with van der Waals surface area (Å²) >= 11 is 3.22. The average molecular weight is 256 g/mol. The Labute approximate surface area is 87.4 Å². The minimum absolute atomic E-state index is 0.328. The maximum Gasteiger partial charge on any atom is 0.410 e. The number of nitrogens with zero attached hydrogens (tertiary/aromatic N) is 1. The van der Waals surface area contributed by atoms with Gasteiger partial charge in [-0.25, -0.2) is 9.78 Å². The fourth-order valence-electron chi connectivity index (χ4n) is 1.14. The van der Waals surface area contributed by atoms with Crippen molar-refractivity contribution in [1.29, 1.82) is 0 Å². The lowest BCUT2D eigenvalue weighted by Crippen LogP contribution is -2.16. The van der Waals surface area contributed by atoms with Gasteiger partial charge in [-0.05, 0) is 28.1 Å². The summed E-state index contributed by atoms with van der Waals surface area (Å²) < 4.78 is 5.41. The molecule has 1 amide bonds. The molecule has 2 aromatic heterocycles. The average Bonchev–Trinajstić information content (AvgIpc) is 2.47. The van der Waals surface area contributed by atoms with Crippen LogP contribution >= 0.6 is 15.9 Å². The minimum Gasteiger partial charge on any atom is -0.407 e. The molecule has 2 aromatic rings. The molecule has 14 heavy (non-hydrogen) atoms. The number of amides is 1. The lowest BCUT2D eigenvalue weighted by Gasteiger charge is -1.96. The number of aromatic amines is 1. The molecule has 6 heteroatoms. The Morgan fingerprint density at radius 3 is 3.07 bits per heavy atom. The number of carbonyl (C=O) groups is 1. The van der Waals surface area contributed by atoms with Gasteiger partial charge in [0.1, 0.15) is 10.1 Å². The van der Waals surface area contributed by atoms with Crippen LogP contribution in [0.5, 0.6) is 5.75 Å². The van der Waals surface area contributed by atoms with Crippen LogP contribution in [0.3, 0.4) is 0 Å². The molecule has 72 valence electrons. The van der Waals surface area contributed by atoms with Crippen LogP contribution in [-0.2, 0) is 0 Å².